The first-order valence-corrected chi connectivity index (χ1v) is 11.8. The highest BCUT2D eigenvalue weighted by molar-refractivity contribution is 5.97. The summed E-state index contributed by atoms with van der Waals surface area (Å²) in [6, 6.07) is 20.2. The van der Waals surface area contributed by atoms with Gasteiger partial charge in [0.15, 0.2) is 0 Å². The highest BCUT2D eigenvalue weighted by Crippen LogP contribution is 2.26. The molecule has 1 fully saturated rings. The fraction of sp³-hybridized carbons (Fsp3) is 0.250. The molecule has 1 saturated heterocycles. The van der Waals surface area contributed by atoms with E-state index in [0.29, 0.717) is 6.42 Å². The first kappa shape index (κ1) is 28.4. The maximum Gasteiger partial charge on any atom is 0.417 e. The average Bonchev–Trinajstić information content (AvgIpc) is 3.27. The van der Waals surface area contributed by atoms with E-state index in [4.69, 9.17) is 14.9 Å². The van der Waals surface area contributed by atoms with Crippen LogP contribution in [0.4, 0.5) is 13.6 Å². The van der Waals surface area contributed by atoms with E-state index in [9.17, 15) is 28.3 Å². The van der Waals surface area contributed by atoms with Gasteiger partial charge in [0.05, 0.1) is 25.2 Å². The smallest absolute Gasteiger partial charge is 0.417 e. The number of carboxylic acid groups (broad SMARTS) is 1. The molecule has 0 saturated carbocycles. The number of imide groups is 1. The van der Waals surface area contributed by atoms with Gasteiger partial charge in [0, 0.05) is 11.1 Å². The van der Waals surface area contributed by atoms with Crippen molar-refractivity contribution in [2.24, 2.45) is 0 Å². The molecule has 4 rings (SSSR count). The van der Waals surface area contributed by atoms with Crippen molar-refractivity contribution in [3.63, 3.8) is 0 Å². The Balaban J connectivity index is 0.000000260. The van der Waals surface area contributed by atoms with Crippen LogP contribution >= 0.6 is 0 Å². The Labute approximate surface area is 217 Å². The first-order chi connectivity index (χ1) is 18.3. The number of hydrogen-bond acceptors (Lipinski definition) is 6. The molecule has 200 valence electrons. The van der Waals surface area contributed by atoms with Crippen LogP contribution < -0.4 is 0 Å². The maximum absolute atomic E-state index is 14.0. The lowest BCUT2D eigenvalue weighted by Gasteiger charge is -2.24. The quantitative estimate of drug-likeness (QED) is 0.410. The molecule has 1 heterocycles. The van der Waals surface area contributed by atoms with Crippen LogP contribution in [0.25, 0.3) is 0 Å². The lowest BCUT2D eigenvalue weighted by molar-refractivity contribution is -0.139. The number of carbonyl (C=O) groups excluding carboxylic acids is 2. The predicted molar refractivity (Wildman–Crippen MR) is 132 cm³/mol. The number of cyclic esters (lactones) is 1. The second kappa shape index (κ2) is 13.4. The second-order valence-corrected chi connectivity index (χ2v) is 8.48. The molecule has 3 N–H and O–H groups in total. The summed E-state index contributed by atoms with van der Waals surface area (Å²) in [6.07, 6.45) is -0.325. The maximum atomic E-state index is 14.0. The molecule has 38 heavy (non-hydrogen) atoms. The third-order valence-electron chi connectivity index (χ3n) is 6.04. The molecule has 2 amide bonds. The van der Waals surface area contributed by atoms with E-state index in [2.05, 4.69) is 0 Å². The van der Waals surface area contributed by atoms with Crippen LogP contribution in [-0.2, 0) is 20.7 Å². The number of carbonyl (C=O) groups is 3. The summed E-state index contributed by atoms with van der Waals surface area (Å²) in [5, 5.41) is 27.0. The highest BCUT2D eigenvalue weighted by atomic mass is 19.1. The number of halogens is 2. The largest absolute Gasteiger partial charge is 0.481 e. The van der Waals surface area contributed by atoms with E-state index in [0.717, 1.165) is 10.5 Å². The van der Waals surface area contributed by atoms with Gasteiger partial charge in [-0.25, -0.2) is 18.5 Å². The molecule has 0 aliphatic carbocycles. The van der Waals surface area contributed by atoms with Crippen molar-refractivity contribution in [1.29, 1.82) is 0 Å². The van der Waals surface area contributed by atoms with Gasteiger partial charge >= 0.3 is 12.1 Å². The normalized spacial score (nSPS) is 16.2. The van der Waals surface area contributed by atoms with E-state index < -0.39 is 60.7 Å². The van der Waals surface area contributed by atoms with E-state index >= 15 is 0 Å². The molecular weight excluding hydrogens is 500 g/mol. The van der Waals surface area contributed by atoms with Gasteiger partial charge in [0.1, 0.15) is 24.2 Å². The number of nitrogens with zero attached hydrogens (tertiary/aromatic N) is 1. The second-order valence-electron chi connectivity index (χ2n) is 8.48. The first-order valence-electron chi connectivity index (χ1n) is 11.8. The van der Waals surface area contributed by atoms with E-state index in [1.54, 1.807) is 6.07 Å². The van der Waals surface area contributed by atoms with Gasteiger partial charge in [-0.2, -0.15) is 0 Å². The zero-order chi connectivity index (χ0) is 27.7. The predicted octanol–water partition coefficient (Wildman–Crippen LogP) is 3.48. The summed E-state index contributed by atoms with van der Waals surface area (Å²) in [6.45, 7) is -1.12. The molecule has 1 aliphatic rings. The number of amides is 2. The van der Waals surface area contributed by atoms with Crippen molar-refractivity contribution in [3.8, 4) is 0 Å². The molecule has 0 bridgehead atoms. The summed E-state index contributed by atoms with van der Waals surface area (Å²) in [5.74, 6) is -5.42. The number of aliphatic hydroxyl groups is 2. The van der Waals surface area contributed by atoms with Crippen LogP contribution in [0, 0.1) is 11.6 Å². The van der Waals surface area contributed by atoms with Crippen molar-refractivity contribution >= 4 is 18.0 Å². The molecule has 3 atom stereocenters. The summed E-state index contributed by atoms with van der Waals surface area (Å²) >= 11 is 0. The van der Waals surface area contributed by atoms with Crippen LogP contribution in [0.15, 0.2) is 78.9 Å². The van der Waals surface area contributed by atoms with Crippen LogP contribution in [-0.4, -0.2) is 64.1 Å². The van der Waals surface area contributed by atoms with Crippen LogP contribution in [0.3, 0.4) is 0 Å². The van der Waals surface area contributed by atoms with E-state index in [1.807, 2.05) is 30.3 Å². The molecule has 0 aromatic heterocycles. The van der Waals surface area contributed by atoms with Crippen molar-refractivity contribution in [1.82, 2.24) is 4.90 Å². The standard InChI is InChI=1S/C19H18FNO4.C9H9FO3/c20-17-9-5-4-8-15(17)16(11-22)18(23)21-14(12-25-19(21)24)10-13-6-2-1-3-7-13;10-8-4-2-1-3-6(8)7(5-11)9(12)13/h1-9,14,16,22H,10-12H2;1-4,7,11H,5H2,(H,12,13)/t14-,16-;7-/m11/s1. The highest BCUT2D eigenvalue weighted by Gasteiger charge is 2.41. The fourth-order valence-electron chi connectivity index (χ4n) is 4.07. The lowest BCUT2D eigenvalue weighted by Crippen LogP contribution is -2.43. The summed E-state index contributed by atoms with van der Waals surface area (Å²) in [5.41, 5.74) is 1.03. The third-order valence-corrected chi connectivity index (χ3v) is 6.04. The Morgan fingerprint density at radius 1 is 0.842 bits per heavy atom. The van der Waals surface area contributed by atoms with E-state index in [-0.39, 0.29) is 17.7 Å². The molecule has 0 radical (unpaired) electrons. The van der Waals surface area contributed by atoms with Gasteiger partial charge in [-0.3, -0.25) is 9.59 Å². The van der Waals surface area contributed by atoms with Crippen molar-refractivity contribution in [3.05, 3.63) is 107 Å². The molecule has 8 nitrogen and oxygen atoms in total. The number of carboxylic acids is 1. The van der Waals surface area contributed by atoms with Crippen LogP contribution in [0.1, 0.15) is 28.5 Å². The third kappa shape index (κ3) is 6.78. The van der Waals surface area contributed by atoms with Gasteiger partial charge in [-0.1, -0.05) is 66.7 Å². The molecule has 3 aromatic carbocycles. The van der Waals surface area contributed by atoms with Crippen LogP contribution in [0.5, 0.6) is 0 Å². The number of hydrogen-bond donors (Lipinski definition) is 3. The van der Waals surface area contributed by atoms with Gasteiger partial charge < -0.3 is 20.1 Å². The number of aliphatic hydroxyl groups excluding tert-OH is 2. The van der Waals surface area contributed by atoms with E-state index in [1.165, 1.54) is 42.5 Å². The Bertz CT molecular complexity index is 1250. The molecule has 0 spiro atoms. The zero-order valence-corrected chi connectivity index (χ0v) is 20.2. The fourth-order valence-corrected chi connectivity index (χ4v) is 4.07. The van der Waals surface area contributed by atoms with Crippen molar-refractivity contribution < 1.29 is 43.2 Å². The van der Waals surface area contributed by atoms with Gasteiger partial charge in [-0.05, 0) is 24.1 Å². The topological polar surface area (TPSA) is 124 Å². The minimum atomic E-state index is -1.23. The molecular formula is C28H27F2NO7. The minimum Gasteiger partial charge on any atom is -0.481 e. The minimum absolute atomic E-state index is 0.0116. The Morgan fingerprint density at radius 2 is 1.34 bits per heavy atom. The van der Waals surface area contributed by atoms with Gasteiger partial charge in [-0.15, -0.1) is 0 Å². The van der Waals surface area contributed by atoms with Crippen molar-refractivity contribution in [2.45, 2.75) is 24.3 Å². The molecule has 1 aliphatic heterocycles. The Morgan fingerprint density at radius 3 is 1.84 bits per heavy atom. The Hall–Kier alpha value is -4.15. The zero-order valence-electron chi connectivity index (χ0n) is 20.2. The molecule has 10 heteroatoms. The Kier molecular flexibility index (Phi) is 10.0. The summed E-state index contributed by atoms with van der Waals surface area (Å²) in [4.78, 5) is 36.5. The number of aliphatic carboxylic acids is 1. The summed E-state index contributed by atoms with van der Waals surface area (Å²) < 4.78 is 32.1. The SMILES string of the molecule is O=C(O)[C@H](CO)c1ccccc1F.O=C1OC[C@@H](Cc2ccccc2)N1C(=O)[C@H](CO)c1ccccc1F. The van der Waals surface area contributed by atoms with Crippen LogP contribution in [0.2, 0.25) is 0 Å². The number of benzene rings is 3. The van der Waals surface area contributed by atoms with Gasteiger partial charge in [0.2, 0.25) is 5.91 Å². The molecule has 3 aromatic rings. The van der Waals surface area contributed by atoms with Crippen molar-refractivity contribution in [2.75, 3.05) is 19.8 Å². The summed E-state index contributed by atoms with van der Waals surface area (Å²) in [7, 11) is 0. The monoisotopic (exact) mass is 527 g/mol. The van der Waals surface area contributed by atoms with Gasteiger partial charge in [0.25, 0.3) is 0 Å². The molecule has 0 unspecified atom stereocenters. The number of ether oxygens (including phenoxy) is 1. The number of rotatable bonds is 8. The average molecular weight is 528 g/mol. The lowest BCUT2D eigenvalue weighted by atomic mass is 9.96.